The van der Waals surface area contributed by atoms with Crippen LogP contribution in [0.3, 0.4) is 0 Å². The molecule has 0 aromatic heterocycles. The van der Waals surface area contributed by atoms with Crippen molar-refractivity contribution in [1.82, 2.24) is 0 Å². The number of rotatable bonds is 0. The smallest absolute Gasteiger partial charge is 0.153 e. The number of nitrogens with zero attached hydrogens (tertiary/aromatic N) is 1. The zero-order valence-electron chi connectivity index (χ0n) is 8.34. The predicted octanol–water partition coefficient (Wildman–Crippen LogP) is 1.91. The molecule has 0 radical (unpaired) electrons. The van der Waals surface area contributed by atoms with E-state index >= 15 is 0 Å². The molecular formula is C12H13NO. The molecule has 2 fully saturated rings. The quantitative estimate of drug-likeness (QED) is 0.543. The Balaban J connectivity index is 2.36. The largest absolute Gasteiger partial charge is 0.298 e. The molecule has 0 aromatic carbocycles. The lowest BCUT2D eigenvalue weighted by atomic mass is 9.42. The van der Waals surface area contributed by atoms with Gasteiger partial charge in [-0.15, -0.1) is 6.42 Å². The Kier molecular flexibility index (Phi) is 1.73. The van der Waals surface area contributed by atoms with Crippen molar-refractivity contribution in [3.8, 4) is 18.4 Å². The van der Waals surface area contributed by atoms with Crippen molar-refractivity contribution in [3.63, 3.8) is 0 Å². The summed E-state index contributed by atoms with van der Waals surface area (Å²) in [6, 6.07) is 2.21. The number of ketones is 1. The van der Waals surface area contributed by atoms with E-state index in [2.05, 4.69) is 12.0 Å². The van der Waals surface area contributed by atoms with E-state index in [-0.39, 0.29) is 17.1 Å². The Hall–Kier alpha value is -1.28. The van der Waals surface area contributed by atoms with Gasteiger partial charge in [0.1, 0.15) is 5.41 Å². The van der Waals surface area contributed by atoms with E-state index in [0.29, 0.717) is 12.8 Å². The monoisotopic (exact) mass is 187 g/mol. The molecule has 2 aliphatic rings. The molecule has 0 spiro atoms. The fraction of sp³-hybridized carbons (Fsp3) is 0.667. The Labute approximate surface area is 84.3 Å². The summed E-state index contributed by atoms with van der Waals surface area (Å²) >= 11 is 0. The molecular weight excluding hydrogens is 174 g/mol. The van der Waals surface area contributed by atoms with E-state index in [1.807, 2.05) is 6.92 Å². The molecule has 2 nitrogen and oxygen atoms in total. The minimum absolute atomic E-state index is 0.103. The highest BCUT2D eigenvalue weighted by Gasteiger charge is 2.65. The van der Waals surface area contributed by atoms with Crippen molar-refractivity contribution in [1.29, 1.82) is 5.26 Å². The van der Waals surface area contributed by atoms with E-state index in [4.69, 9.17) is 11.7 Å². The molecule has 2 aliphatic carbocycles. The van der Waals surface area contributed by atoms with Crippen molar-refractivity contribution in [2.24, 2.45) is 16.7 Å². The van der Waals surface area contributed by atoms with Gasteiger partial charge in [-0.2, -0.15) is 5.26 Å². The van der Waals surface area contributed by atoms with Crippen LogP contribution in [0.5, 0.6) is 0 Å². The van der Waals surface area contributed by atoms with Crippen LogP contribution < -0.4 is 0 Å². The van der Waals surface area contributed by atoms with E-state index < -0.39 is 5.41 Å². The summed E-state index contributed by atoms with van der Waals surface area (Å²) in [5.74, 6) is 2.97. The van der Waals surface area contributed by atoms with Crippen molar-refractivity contribution < 1.29 is 4.79 Å². The lowest BCUT2D eigenvalue weighted by Gasteiger charge is -2.57. The van der Waals surface area contributed by atoms with Crippen molar-refractivity contribution in [2.45, 2.75) is 32.6 Å². The van der Waals surface area contributed by atoms with Gasteiger partial charge in [-0.05, 0) is 26.2 Å². The lowest BCUT2D eigenvalue weighted by molar-refractivity contribution is -0.149. The highest BCUT2D eigenvalue weighted by atomic mass is 16.1. The number of Topliss-reactive ketones (excluding diaryl/α,β-unsaturated/α-hetero) is 1. The Morgan fingerprint density at radius 2 is 2.36 bits per heavy atom. The SMILES string of the molecule is C#CC1(C)CC2(C#N)C(=O)CCCC12. The molecule has 72 valence electrons. The van der Waals surface area contributed by atoms with Gasteiger partial charge < -0.3 is 0 Å². The second kappa shape index (κ2) is 2.61. The summed E-state index contributed by atoms with van der Waals surface area (Å²) in [6.45, 7) is 1.99. The number of carbonyl (C=O) groups excluding carboxylic acids is 1. The predicted molar refractivity (Wildman–Crippen MR) is 52.0 cm³/mol. The first kappa shape index (κ1) is 9.28. The molecule has 3 unspecified atom stereocenters. The van der Waals surface area contributed by atoms with E-state index in [1.54, 1.807) is 0 Å². The first-order valence-corrected chi connectivity index (χ1v) is 5.01. The third kappa shape index (κ3) is 0.840. The second-order valence-electron chi connectivity index (χ2n) is 4.69. The lowest BCUT2D eigenvalue weighted by Crippen LogP contribution is -2.59. The van der Waals surface area contributed by atoms with Crippen LogP contribution in [0.2, 0.25) is 0 Å². The summed E-state index contributed by atoms with van der Waals surface area (Å²) < 4.78 is 0. The van der Waals surface area contributed by atoms with Crippen LogP contribution in [0, 0.1) is 40.4 Å². The molecule has 2 saturated carbocycles. The summed E-state index contributed by atoms with van der Waals surface area (Å²) in [7, 11) is 0. The van der Waals surface area contributed by atoms with Gasteiger partial charge >= 0.3 is 0 Å². The van der Waals surface area contributed by atoms with Gasteiger partial charge in [0.25, 0.3) is 0 Å². The van der Waals surface area contributed by atoms with Gasteiger partial charge in [0.2, 0.25) is 0 Å². The number of nitriles is 1. The average molecular weight is 187 g/mol. The number of fused-ring (bicyclic) bond motifs is 1. The van der Waals surface area contributed by atoms with Crippen LogP contribution in [-0.4, -0.2) is 5.78 Å². The van der Waals surface area contributed by atoms with Crippen LogP contribution in [0.15, 0.2) is 0 Å². The molecule has 0 bridgehead atoms. The average Bonchev–Trinajstić information content (AvgIpc) is 2.19. The molecule has 2 heteroatoms. The molecule has 14 heavy (non-hydrogen) atoms. The Morgan fingerprint density at radius 3 is 2.93 bits per heavy atom. The third-order valence-corrected chi connectivity index (χ3v) is 3.93. The maximum atomic E-state index is 11.7. The van der Waals surface area contributed by atoms with Gasteiger partial charge in [-0.1, -0.05) is 5.92 Å². The van der Waals surface area contributed by atoms with Crippen LogP contribution >= 0.6 is 0 Å². The summed E-state index contributed by atoms with van der Waals surface area (Å²) in [6.07, 6.45) is 8.41. The maximum Gasteiger partial charge on any atom is 0.153 e. The first-order chi connectivity index (χ1) is 6.59. The fourth-order valence-corrected chi connectivity index (χ4v) is 3.12. The molecule has 3 atom stereocenters. The highest BCUT2D eigenvalue weighted by Crippen LogP contribution is 2.63. The van der Waals surface area contributed by atoms with Crippen LogP contribution in [0.1, 0.15) is 32.6 Å². The molecule has 0 N–H and O–H groups in total. The standard InChI is InChI=1S/C12H13NO/c1-3-11(2)7-12(8-13)9(11)5-4-6-10(12)14/h1,9H,4-7H2,2H3. The van der Waals surface area contributed by atoms with Gasteiger partial charge in [-0.25, -0.2) is 0 Å². The zero-order valence-corrected chi connectivity index (χ0v) is 8.34. The summed E-state index contributed by atoms with van der Waals surface area (Å²) in [5, 5.41) is 9.13. The molecule has 0 aliphatic heterocycles. The second-order valence-corrected chi connectivity index (χ2v) is 4.69. The van der Waals surface area contributed by atoms with Gasteiger partial charge in [-0.3, -0.25) is 4.79 Å². The fourth-order valence-electron chi connectivity index (χ4n) is 3.12. The van der Waals surface area contributed by atoms with Crippen molar-refractivity contribution in [2.75, 3.05) is 0 Å². The molecule has 0 aromatic rings. The first-order valence-electron chi connectivity index (χ1n) is 5.01. The van der Waals surface area contributed by atoms with Crippen LogP contribution in [0.4, 0.5) is 0 Å². The number of carbonyl (C=O) groups is 1. The summed E-state index contributed by atoms with van der Waals surface area (Å²) in [5.41, 5.74) is -0.939. The third-order valence-electron chi connectivity index (χ3n) is 3.93. The van der Waals surface area contributed by atoms with Crippen LogP contribution in [-0.2, 0) is 4.79 Å². The van der Waals surface area contributed by atoms with E-state index in [0.717, 1.165) is 12.8 Å². The molecule has 2 rings (SSSR count). The van der Waals surface area contributed by atoms with E-state index in [9.17, 15) is 4.79 Å². The van der Waals surface area contributed by atoms with Gasteiger partial charge in [0.15, 0.2) is 5.78 Å². The minimum Gasteiger partial charge on any atom is -0.298 e. The molecule has 0 saturated heterocycles. The van der Waals surface area contributed by atoms with Crippen molar-refractivity contribution in [3.05, 3.63) is 0 Å². The number of hydrogen-bond acceptors (Lipinski definition) is 2. The van der Waals surface area contributed by atoms with E-state index in [1.165, 1.54) is 0 Å². The molecule has 0 heterocycles. The zero-order chi connectivity index (χ0) is 10.4. The number of terminal acetylenes is 1. The minimum atomic E-state index is -0.723. The maximum absolute atomic E-state index is 11.7. The molecule has 0 amide bonds. The Bertz CT molecular complexity index is 373. The normalized spacial score (nSPS) is 45.6. The Morgan fingerprint density at radius 1 is 1.64 bits per heavy atom. The van der Waals surface area contributed by atoms with Crippen LogP contribution in [0.25, 0.3) is 0 Å². The summed E-state index contributed by atoms with van der Waals surface area (Å²) in [4.78, 5) is 11.7. The van der Waals surface area contributed by atoms with Gasteiger partial charge in [0, 0.05) is 17.8 Å². The van der Waals surface area contributed by atoms with Crippen molar-refractivity contribution >= 4 is 5.78 Å². The highest BCUT2D eigenvalue weighted by molar-refractivity contribution is 5.90. The van der Waals surface area contributed by atoms with Gasteiger partial charge in [0.05, 0.1) is 6.07 Å². The topological polar surface area (TPSA) is 40.9 Å². The number of hydrogen-bond donors (Lipinski definition) is 0.